The monoisotopic (exact) mass is 904 g/mol. The van der Waals surface area contributed by atoms with E-state index in [1.54, 1.807) is 37.3 Å². The minimum atomic E-state index is -2.19. The molecule has 3 aliphatic heterocycles. The van der Waals surface area contributed by atoms with Crippen molar-refractivity contribution in [1.82, 2.24) is 0 Å². The molecule has 3 rings (SSSR count). The first-order chi connectivity index (χ1) is 30.2. The molecule has 0 amide bonds. The largest absolute Gasteiger partial charge is 0.481 e. The van der Waals surface area contributed by atoms with Gasteiger partial charge in [-0.25, -0.2) is 0 Å². The van der Waals surface area contributed by atoms with E-state index in [2.05, 4.69) is 19.9 Å². The standard InChI is InChI=1S/C49H77NO14/c1-30-20-17-15-13-11-9-7-8-10-12-14-16-18-23-40(63-48-46(57)45(50)33(4)35(6)62-48)27-42-44(47(58)59)41(55)29-49(60,64-42)28-39(54)25-37(52)22-19-21-36(51)24-38(53)26-43(56)61-34(5)32(3)31(30)2/h7-18,20,23,30-42,44-46,48,51-55,57,60H,19,21-22,24-29,50H2,1-6H3,(H,58,59)/b8-7+,11-9+,12-10+,15-13+,16-14+,20-17+,23-18+/t30-,31+,32+,33?,34-,35?,36+,37-,38+,39-,40-,41-,42-,44+,45?,46?,48?,49+/m0/s1. The topological polar surface area (TPSA) is 259 Å². The molecule has 0 spiro atoms. The molecule has 362 valence electrons. The minimum Gasteiger partial charge on any atom is -0.481 e. The Bertz CT molecular complexity index is 1630. The van der Waals surface area contributed by atoms with E-state index in [0.717, 1.165) is 0 Å². The van der Waals surface area contributed by atoms with Gasteiger partial charge in [0.05, 0.1) is 55.3 Å². The van der Waals surface area contributed by atoms with Crippen LogP contribution in [0.3, 0.4) is 0 Å². The SMILES string of the molecule is CC1OC(O[C@H]2/C=C/C=C/C=C/C=C/C=C/C=C/C=C/[C@H](C)[C@@H](C)[C@@H](C)[C@H](C)OC(=O)C[C@H](O)C[C@H](O)CCC[C@H](O)C[C@H](O)C[C@]3(O)C[C@H](O)[C@@H](C(=O)O)[C@H](C2)O3)C(O)C(N)C1C. The summed E-state index contributed by atoms with van der Waals surface area (Å²) in [6, 6.07) is -0.676. The Hall–Kier alpha value is -3.32. The number of allylic oxidation sites excluding steroid dienone is 13. The van der Waals surface area contributed by atoms with E-state index in [0.29, 0.717) is 6.42 Å². The Labute approximate surface area is 379 Å². The average molecular weight is 904 g/mol. The van der Waals surface area contributed by atoms with Gasteiger partial charge in [-0.3, -0.25) is 9.59 Å². The summed E-state index contributed by atoms with van der Waals surface area (Å²) in [5.74, 6) is -5.39. The van der Waals surface area contributed by atoms with Crippen molar-refractivity contribution in [2.45, 2.75) is 178 Å². The molecule has 2 bridgehead atoms. The molecule has 64 heavy (non-hydrogen) atoms. The van der Waals surface area contributed by atoms with Gasteiger partial charge < -0.3 is 65.5 Å². The molecule has 3 heterocycles. The Kier molecular flexibility index (Phi) is 23.5. The van der Waals surface area contributed by atoms with Crippen molar-refractivity contribution in [3.63, 3.8) is 0 Å². The summed E-state index contributed by atoms with van der Waals surface area (Å²) in [5.41, 5.74) is 6.28. The lowest BCUT2D eigenvalue weighted by atomic mass is 9.82. The van der Waals surface area contributed by atoms with Crippen LogP contribution < -0.4 is 5.73 Å². The van der Waals surface area contributed by atoms with Gasteiger partial charge in [-0.05, 0) is 69.6 Å². The number of aliphatic hydroxyl groups excluding tert-OH is 6. The average Bonchev–Trinajstić information content (AvgIpc) is 3.20. The molecule has 0 saturated carbocycles. The van der Waals surface area contributed by atoms with Gasteiger partial charge in [-0.2, -0.15) is 0 Å². The number of cyclic esters (lactones) is 1. The third-order valence-electron chi connectivity index (χ3n) is 12.9. The summed E-state index contributed by atoms with van der Waals surface area (Å²) in [6.45, 7) is 11.7. The number of esters is 1. The summed E-state index contributed by atoms with van der Waals surface area (Å²) in [5, 5.41) is 86.7. The molecule has 3 aliphatic rings. The molecule has 10 N–H and O–H groups in total. The maximum Gasteiger partial charge on any atom is 0.311 e. The summed E-state index contributed by atoms with van der Waals surface area (Å²) >= 11 is 0. The summed E-state index contributed by atoms with van der Waals surface area (Å²) in [4.78, 5) is 25.2. The quantitative estimate of drug-likeness (QED) is 0.179. The summed E-state index contributed by atoms with van der Waals surface area (Å²) in [6.07, 6.45) is 13.2. The summed E-state index contributed by atoms with van der Waals surface area (Å²) in [7, 11) is 0. The van der Waals surface area contributed by atoms with Crippen LogP contribution in [-0.2, 0) is 28.5 Å². The maximum absolute atomic E-state index is 12.7. The zero-order valence-corrected chi connectivity index (χ0v) is 38.4. The number of hydrogen-bond acceptors (Lipinski definition) is 14. The van der Waals surface area contributed by atoms with E-state index >= 15 is 0 Å². The highest BCUT2D eigenvalue weighted by atomic mass is 16.7. The Morgan fingerprint density at radius 3 is 1.78 bits per heavy atom. The number of aliphatic carboxylic acids is 1. The zero-order valence-electron chi connectivity index (χ0n) is 38.4. The zero-order chi connectivity index (χ0) is 47.6. The first-order valence-electron chi connectivity index (χ1n) is 22.9. The predicted octanol–water partition coefficient (Wildman–Crippen LogP) is 4.29. The molecule has 0 aromatic rings. The lowest BCUT2D eigenvalue weighted by molar-refractivity contribution is -0.306. The van der Waals surface area contributed by atoms with E-state index in [4.69, 9.17) is 24.7 Å². The number of aliphatic hydroxyl groups is 7. The third-order valence-corrected chi connectivity index (χ3v) is 12.9. The van der Waals surface area contributed by atoms with Crippen LogP contribution in [0.2, 0.25) is 0 Å². The van der Waals surface area contributed by atoms with Gasteiger partial charge in [0.15, 0.2) is 12.1 Å². The second-order valence-electron chi connectivity index (χ2n) is 18.2. The predicted molar refractivity (Wildman–Crippen MR) is 242 cm³/mol. The number of carbonyl (C=O) groups is 2. The highest BCUT2D eigenvalue weighted by molar-refractivity contribution is 5.71. The fourth-order valence-corrected chi connectivity index (χ4v) is 8.36. The van der Waals surface area contributed by atoms with Gasteiger partial charge in [0.25, 0.3) is 0 Å². The van der Waals surface area contributed by atoms with E-state index in [-0.39, 0.29) is 68.3 Å². The van der Waals surface area contributed by atoms with Crippen LogP contribution in [0.1, 0.15) is 99.3 Å². The normalized spacial score (nSPS) is 44.8. The van der Waals surface area contributed by atoms with Crippen molar-refractivity contribution in [3.05, 3.63) is 85.1 Å². The lowest BCUT2D eigenvalue weighted by Crippen LogP contribution is -2.58. The minimum absolute atomic E-state index is 0.0298. The van der Waals surface area contributed by atoms with Crippen molar-refractivity contribution in [1.29, 1.82) is 0 Å². The first kappa shape index (κ1) is 55.0. The Balaban J connectivity index is 1.84. The van der Waals surface area contributed by atoms with Crippen LogP contribution in [0.25, 0.3) is 0 Å². The molecular weight excluding hydrogens is 827 g/mol. The highest BCUT2D eigenvalue weighted by Gasteiger charge is 2.50. The van der Waals surface area contributed by atoms with Crippen LogP contribution >= 0.6 is 0 Å². The second-order valence-corrected chi connectivity index (χ2v) is 18.2. The van der Waals surface area contributed by atoms with E-state index < -0.39 is 104 Å². The molecule has 2 saturated heterocycles. The summed E-state index contributed by atoms with van der Waals surface area (Å²) < 4.78 is 23.8. The molecule has 0 radical (unpaired) electrons. The molecule has 15 heteroatoms. The molecule has 15 nitrogen and oxygen atoms in total. The number of carbonyl (C=O) groups excluding carboxylic acids is 1. The highest BCUT2D eigenvalue weighted by Crippen LogP contribution is 2.38. The van der Waals surface area contributed by atoms with E-state index in [1.807, 2.05) is 69.4 Å². The number of carboxylic acid groups (broad SMARTS) is 1. The van der Waals surface area contributed by atoms with Crippen molar-refractivity contribution in [3.8, 4) is 0 Å². The fraction of sp³-hybridized carbons (Fsp3) is 0.673. The van der Waals surface area contributed by atoms with Crippen LogP contribution in [0.4, 0.5) is 0 Å². The van der Waals surface area contributed by atoms with Crippen molar-refractivity contribution >= 4 is 11.9 Å². The molecule has 0 aliphatic carbocycles. The molecular formula is C49H77NO14. The molecule has 0 aromatic heterocycles. The number of nitrogens with two attached hydrogens (primary N) is 1. The molecule has 18 atom stereocenters. The fourth-order valence-electron chi connectivity index (χ4n) is 8.36. The molecule has 0 aromatic carbocycles. The molecule has 5 unspecified atom stereocenters. The Morgan fingerprint density at radius 1 is 0.688 bits per heavy atom. The number of fused-ring (bicyclic) bond motifs is 2. The van der Waals surface area contributed by atoms with Crippen LogP contribution in [0.15, 0.2) is 85.1 Å². The van der Waals surface area contributed by atoms with Crippen molar-refractivity contribution in [2.24, 2.45) is 35.3 Å². The van der Waals surface area contributed by atoms with E-state index in [1.165, 1.54) is 0 Å². The second kappa shape index (κ2) is 27.4. The van der Waals surface area contributed by atoms with Gasteiger partial charge in [0.2, 0.25) is 0 Å². The van der Waals surface area contributed by atoms with E-state index in [9.17, 15) is 50.4 Å². The van der Waals surface area contributed by atoms with Crippen LogP contribution in [0.5, 0.6) is 0 Å². The number of hydrogen-bond donors (Lipinski definition) is 9. The van der Waals surface area contributed by atoms with Gasteiger partial charge >= 0.3 is 11.9 Å². The number of ether oxygens (including phenoxy) is 4. The van der Waals surface area contributed by atoms with Crippen LogP contribution in [0, 0.1) is 29.6 Å². The molecule has 2 fully saturated rings. The van der Waals surface area contributed by atoms with Gasteiger partial charge in [0.1, 0.15) is 18.1 Å². The van der Waals surface area contributed by atoms with Gasteiger partial charge in [0, 0.05) is 25.3 Å². The van der Waals surface area contributed by atoms with Crippen molar-refractivity contribution in [2.75, 3.05) is 0 Å². The third kappa shape index (κ3) is 18.5. The number of carboxylic acids is 1. The maximum atomic E-state index is 12.7. The lowest BCUT2D eigenvalue weighted by Gasteiger charge is -2.45. The van der Waals surface area contributed by atoms with Gasteiger partial charge in [-0.15, -0.1) is 0 Å². The first-order valence-corrected chi connectivity index (χ1v) is 22.9. The van der Waals surface area contributed by atoms with Gasteiger partial charge in [-0.1, -0.05) is 113 Å². The van der Waals surface area contributed by atoms with Crippen molar-refractivity contribution < 1.29 is 69.4 Å². The Morgan fingerprint density at radius 2 is 1.22 bits per heavy atom. The number of rotatable bonds is 3. The van der Waals surface area contributed by atoms with Crippen LogP contribution in [-0.4, -0.2) is 132 Å². The smallest absolute Gasteiger partial charge is 0.311 e.